The van der Waals surface area contributed by atoms with E-state index < -0.39 is 23.6 Å². The Hall–Kier alpha value is -0.880. The van der Waals surface area contributed by atoms with Gasteiger partial charge < -0.3 is 19.4 Å². The van der Waals surface area contributed by atoms with Gasteiger partial charge in [-0.25, -0.2) is 0 Å². The van der Waals surface area contributed by atoms with Crippen LogP contribution < -0.4 is 0 Å². The van der Waals surface area contributed by atoms with Gasteiger partial charge in [-0.2, -0.15) is 0 Å². The van der Waals surface area contributed by atoms with Crippen molar-refractivity contribution in [3.05, 3.63) is 30.3 Å². The Kier molecular flexibility index (Phi) is 4.99. The molecular weight excluding hydrogens is 264 g/mol. The van der Waals surface area contributed by atoms with Crippen LogP contribution in [0.2, 0.25) is 0 Å². The number of aliphatic hydroxyl groups is 1. The lowest BCUT2D eigenvalue weighted by molar-refractivity contribution is -0.175. The largest absolute Gasteiger partial charge is 0.387 e. The minimum absolute atomic E-state index is 0.271. The molecule has 1 saturated heterocycles. The number of thioether (sulfide) groups is 1. The molecule has 1 heterocycles. The van der Waals surface area contributed by atoms with Crippen LogP contribution in [0.3, 0.4) is 0 Å². The maximum absolute atomic E-state index is 11.1. The molecule has 1 aromatic carbocycles. The molecule has 0 radical (unpaired) electrons. The van der Waals surface area contributed by atoms with E-state index in [-0.39, 0.29) is 6.10 Å². The van der Waals surface area contributed by atoms with Crippen molar-refractivity contribution in [1.29, 1.82) is 0 Å². The van der Waals surface area contributed by atoms with Gasteiger partial charge in [0, 0.05) is 12.0 Å². The van der Waals surface area contributed by atoms with E-state index in [1.807, 2.05) is 37.3 Å². The molecule has 1 aliphatic heterocycles. The van der Waals surface area contributed by atoms with E-state index in [2.05, 4.69) is 0 Å². The van der Waals surface area contributed by atoms with E-state index in [1.165, 1.54) is 18.9 Å². The second-order valence-corrected chi connectivity index (χ2v) is 5.72. The van der Waals surface area contributed by atoms with Gasteiger partial charge in [-0.05, 0) is 19.1 Å². The van der Waals surface area contributed by atoms with Gasteiger partial charge in [0.25, 0.3) is 0 Å². The summed E-state index contributed by atoms with van der Waals surface area (Å²) in [5.41, 5.74) is -0.432. The maximum Gasteiger partial charge on any atom is 0.136 e. The number of methoxy groups -OCH3 is 1. The van der Waals surface area contributed by atoms with Crippen LogP contribution in [0.1, 0.15) is 6.92 Å². The Balaban J connectivity index is 2.12. The zero-order valence-electron chi connectivity index (χ0n) is 10.9. The second kappa shape index (κ2) is 6.52. The van der Waals surface area contributed by atoms with Gasteiger partial charge in [0.2, 0.25) is 0 Å². The summed E-state index contributed by atoms with van der Waals surface area (Å²) in [4.78, 5) is 12.1. The molecule has 1 N–H and O–H groups in total. The number of benzene rings is 1. The molecular formula is C14H18O4S. The third-order valence-electron chi connectivity index (χ3n) is 3.31. The smallest absolute Gasteiger partial charge is 0.136 e. The van der Waals surface area contributed by atoms with Crippen LogP contribution in [0.15, 0.2) is 35.2 Å². The molecule has 0 aromatic heterocycles. The predicted octanol–water partition coefficient (Wildman–Crippen LogP) is 1.71. The molecule has 19 heavy (non-hydrogen) atoms. The zero-order chi connectivity index (χ0) is 13.8. The number of aliphatic hydroxyl groups excluding tert-OH is 1. The van der Waals surface area contributed by atoms with E-state index in [1.54, 1.807) is 0 Å². The van der Waals surface area contributed by atoms with Gasteiger partial charge in [-0.3, -0.25) is 0 Å². The van der Waals surface area contributed by atoms with E-state index in [4.69, 9.17) is 9.47 Å². The van der Waals surface area contributed by atoms with E-state index >= 15 is 0 Å². The Morgan fingerprint density at radius 1 is 1.37 bits per heavy atom. The average Bonchev–Trinajstić information content (AvgIpc) is 2.43. The van der Waals surface area contributed by atoms with Crippen molar-refractivity contribution in [2.45, 2.75) is 35.6 Å². The van der Waals surface area contributed by atoms with Crippen LogP contribution in [0.4, 0.5) is 0 Å². The van der Waals surface area contributed by atoms with Crippen molar-refractivity contribution in [3.8, 4) is 0 Å². The minimum atomic E-state index is -0.832. The molecule has 0 saturated carbocycles. The first kappa shape index (κ1) is 14.5. The quantitative estimate of drug-likeness (QED) is 0.852. The predicted molar refractivity (Wildman–Crippen MR) is 73.0 cm³/mol. The standard InChI is InChI=1S/C14H18O4S/c1-9-11(8-15)13(17-2)12(16)14(18-9)19-10-6-4-3-5-7-10/h3-9,11-14,16H,1-2H3. The summed E-state index contributed by atoms with van der Waals surface area (Å²) in [7, 11) is 1.51. The topological polar surface area (TPSA) is 55.8 Å². The van der Waals surface area contributed by atoms with E-state index in [9.17, 15) is 9.90 Å². The summed E-state index contributed by atoms with van der Waals surface area (Å²) in [6, 6.07) is 9.72. The van der Waals surface area contributed by atoms with E-state index in [0.717, 1.165) is 11.2 Å². The van der Waals surface area contributed by atoms with Crippen LogP contribution >= 0.6 is 11.8 Å². The molecule has 5 heteroatoms. The summed E-state index contributed by atoms with van der Waals surface area (Å²) in [6.45, 7) is 1.83. The number of hydrogen-bond acceptors (Lipinski definition) is 5. The molecule has 4 nitrogen and oxygen atoms in total. The number of carbonyl (C=O) groups excluding carboxylic acids is 1. The molecule has 104 valence electrons. The number of aldehydes is 1. The normalized spacial score (nSPS) is 35.0. The summed E-state index contributed by atoms with van der Waals surface area (Å²) >= 11 is 1.44. The van der Waals surface area contributed by atoms with Gasteiger partial charge in [-0.15, -0.1) is 0 Å². The number of hydrogen-bond donors (Lipinski definition) is 1. The SMILES string of the molecule is COC1C(O)C(Sc2ccccc2)OC(C)C1C=O. The molecule has 1 fully saturated rings. The minimum Gasteiger partial charge on any atom is -0.387 e. The Morgan fingerprint density at radius 2 is 2.05 bits per heavy atom. The first-order valence-electron chi connectivity index (χ1n) is 6.20. The zero-order valence-corrected chi connectivity index (χ0v) is 11.7. The number of ether oxygens (including phenoxy) is 2. The highest BCUT2D eigenvalue weighted by Gasteiger charge is 2.44. The highest BCUT2D eigenvalue weighted by Crippen LogP contribution is 2.35. The lowest BCUT2D eigenvalue weighted by Crippen LogP contribution is -2.53. The number of rotatable bonds is 4. The molecule has 0 spiro atoms. The molecule has 0 aliphatic carbocycles. The van der Waals surface area contributed by atoms with Gasteiger partial charge in [0.1, 0.15) is 17.8 Å². The molecule has 1 aromatic rings. The van der Waals surface area contributed by atoms with Gasteiger partial charge in [-0.1, -0.05) is 30.0 Å². The molecule has 1 aliphatic rings. The maximum atomic E-state index is 11.1. The average molecular weight is 282 g/mol. The fourth-order valence-electron chi connectivity index (χ4n) is 2.25. The molecule has 2 rings (SSSR count). The summed E-state index contributed by atoms with van der Waals surface area (Å²) < 4.78 is 11.0. The van der Waals surface area contributed by atoms with Crippen molar-refractivity contribution in [1.82, 2.24) is 0 Å². The first-order valence-corrected chi connectivity index (χ1v) is 7.08. The Labute approximate surface area is 117 Å². The van der Waals surface area contributed by atoms with Crippen molar-refractivity contribution < 1.29 is 19.4 Å². The van der Waals surface area contributed by atoms with Crippen LogP contribution in [-0.2, 0) is 14.3 Å². The van der Waals surface area contributed by atoms with Gasteiger partial charge in [0.05, 0.1) is 18.1 Å². The highest BCUT2D eigenvalue weighted by atomic mass is 32.2. The fourth-order valence-corrected chi connectivity index (χ4v) is 3.36. The molecule has 5 atom stereocenters. The Bertz CT molecular complexity index is 411. The third-order valence-corrected chi connectivity index (χ3v) is 4.48. The third kappa shape index (κ3) is 3.17. The fraction of sp³-hybridized carbons (Fsp3) is 0.500. The van der Waals surface area contributed by atoms with Crippen LogP contribution in [-0.4, -0.2) is 42.3 Å². The second-order valence-electron chi connectivity index (χ2n) is 4.54. The van der Waals surface area contributed by atoms with Crippen molar-refractivity contribution in [3.63, 3.8) is 0 Å². The van der Waals surface area contributed by atoms with Crippen LogP contribution in [0.25, 0.3) is 0 Å². The Morgan fingerprint density at radius 3 is 2.63 bits per heavy atom. The number of carbonyl (C=O) groups is 1. The summed E-state index contributed by atoms with van der Waals surface area (Å²) in [5.74, 6) is -0.437. The monoisotopic (exact) mass is 282 g/mol. The van der Waals surface area contributed by atoms with Crippen LogP contribution in [0, 0.1) is 5.92 Å². The van der Waals surface area contributed by atoms with Crippen molar-refractivity contribution >= 4 is 18.0 Å². The van der Waals surface area contributed by atoms with Crippen molar-refractivity contribution in [2.24, 2.45) is 5.92 Å². The van der Waals surface area contributed by atoms with Crippen LogP contribution in [0.5, 0.6) is 0 Å². The summed E-state index contributed by atoms with van der Waals surface area (Å²) in [5, 5.41) is 10.3. The molecule has 5 unspecified atom stereocenters. The summed E-state index contributed by atoms with van der Waals surface area (Å²) in [6.07, 6.45) is -0.832. The molecule has 0 bridgehead atoms. The highest BCUT2D eigenvalue weighted by molar-refractivity contribution is 7.99. The van der Waals surface area contributed by atoms with E-state index in [0.29, 0.717) is 0 Å². The lowest BCUT2D eigenvalue weighted by Gasteiger charge is -2.40. The first-order chi connectivity index (χ1) is 9.17. The van der Waals surface area contributed by atoms with Gasteiger partial charge >= 0.3 is 0 Å². The molecule has 0 amide bonds. The lowest BCUT2D eigenvalue weighted by atomic mass is 9.92. The van der Waals surface area contributed by atoms with Gasteiger partial charge in [0.15, 0.2) is 0 Å². The van der Waals surface area contributed by atoms with Crippen molar-refractivity contribution in [2.75, 3.05) is 7.11 Å².